The molecule has 0 aliphatic carbocycles. The van der Waals surface area contributed by atoms with Crippen LogP contribution in [-0.2, 0) is 0 Å². The minimum absolute atomic E-state index is 0. The van der Waals surface area contributed by atoms with E-state index >= 15 is 0 Å². The van der Waals surface area contributed by atoms with Crippen LogP contribution in [0.1, 0.15) is 0 Å². The first kappa shape index (κ1) is 10.6. The summed E-state index contributed by atoms with van der Waals surface area (Å²) in [6.45, 7) is 0. The molecular weight excluding hydrogens is 151 g/mol. The minimum Gasteiger partial charge on any atom is -0.378 e. The second-order valence-corrected chi connectivity index (χ2v) is 2.10. The maximum atomic E-state index is 3.90. The Bertz CT molecular complexity index is 174. The van der Waals surface area contributed by atoms with Crippen LogP contribution in [0.15, 0.2) is 24.5 Å². The van der Waals surface area contributed by atoms with Crippen LogP contribution in [-0.4, -0.2) is 70.5 Å². The molecule has 0 saturated carbocycles. The largest absolute Gasteiger partial charge is 0.378 e. The molecule has 0 atom stereocenters. The van der Waals surface area contributed by atoms with Crippen molar-refractivity contribution in [1.29, 1.82) is 0 Å². The Balaban J connectivity index is 0.000000810. The van der Waals surface area contributed by atoms with Gasteiger partial charge < -0.3 is 4.90 Å². The molecule has 0 aromatic carbocycles. The van der Waals surface area contributed by atoms with Gasteiger partial charge in [-0.2, -0.15) is 0 Å². The number of anilines is 1. The van der Waals surface area contributed by atoms with Crippen molar-refractivity contribution >= 4 is 57.1 Å². The molecule has 1 heterocycles. The van der Waals surface area contributed by atoms with Gasteiger partial charge in [-0.1, -0.05) is 0 Å². The molecule has 49 valence electrons. The van der Waals surface area contributed by atoms with Crippen LogP contribution >= 0.6 is 0 Å². The van der Waals surface area contributed by atoms with Crippen LogP contribution in [0.2, 0.25) is 0 Å². The Hall–Kier alpha value is 0.586. The number of hydrogen-bond acceptors (Lipinski definition) is 2. The van der Waals surface area contributed by atoms with Crippen molar-refractivity contribution in [1.82, 2.24) is 4.98 Å². The van der Waals surface area contributed by atoms with Gasteiger partial charge in [-0.15, -0.1) is 0 Å². The van der Waals surface area contributed by atoms with Gasteiger partial charge in [0, 0.05) is 83.6 Å². The van der Waals surface area contributed by atoms with E-state index in [1.807, 2.05) is 31.1 Å². The van der Waals surface area contributed by atoms with Gasteiger partial charge >= 0.3 is 0 Å². The zero-order chi connectivity index (χ0) is 6.69. The Labute approximate surface area is 104 Å². The molecule has 10 heavy (non-hydrogen) atoms. The van der Waals surface area contributed by atoms with E-state index in [1.54, 1.807) is 12.4 Å². The molecular formula is C7H10KN2. The summed E-state index contributed by atoms with van der Waals surface area (Å²) >= 11 is 0. The van der Waals surface area contributed by atoms with Crippen molar-refractivity contribution in [3.63, 3.8) is 0 Å². The van der Waals surface area contributed by atoms with E-state index in [-0.39, 0.29) is 51.4 Å². The molecule has 2 nitrogen and oxygen atoms in total. The van der Waals surface area contributed by atoms with Crippen molar-refractivity contribution in [2.75, 3.05) is 19.0 Å². The molecule has 0 aliphatic rings. The molecule has 1 aromatic rings. The molecule has 0 fully saturated rings. The fraction of sp³-hybridized carbons (Fsp3) is 0.286. The van der Waals surface area contributed by atoms with Crippen molar-refractivity contribution in [2.24, 2.45) is 0 Å². The molecule has 1 aromatic heterocycles. The Morgan fingerprint density at radius 3 is 2.00 bits per heavy atom. The monoisotopic (exact) mass is 161 g/mol. The van der Waals surface area contributed by atoms with Crippen molar-refractivity contribution in [3.8, 4) is 0 Å². The van der Waals surface area contributed by atoms with Crippen LogP contribution < -0.4 is 4.90 Å². The zero-order valence-electron chi connectivity index (χ0n) is 6.70. The summed E-state index contributed by atoms with van der Waals surface area (Å²) in [6, 6.07) is 3.94. The molecule has 1 radical (unpaired) electrons. The van der Waals surface area contributed by atoms with Gasteiger partial charge in [-0.05, 0) is 12.1 Å². The van der Waals surface area contributed by atoms with E-state index in [0.29, 0.717) is 0 Å². The van der Waals surface area contributed by atoms with Gasteiger partial charge in [0.15, 0.2) is 0 Å². The fourth-order valence-corrected chi connectivity index (χ4v) is 0.642. The van der Waals surface area contributed by atoms with E-state index in [4.69, 9.17) is 0 Å². The second kappa shape index (κ2) is 5.26. The quantitative estimate of drug-likeness (QED) is 0.565. The molecule has 3 heteroatoms. The summed E-state index contributed by atoms with van der Waals surface area (Å²) in [6.07, 6.45) is 3.57. The zero-order valence-corrected chi connectivity index (χ0v) is 9.83. The van der Waals surface area contributed by atoms with Crippen LogP contribution in [0.4, 0.5) is 5.69 Å². The molecule has 1 rings (SSSR count). The second-order valence-electron chi connectivity index (χ2n) is 2.10. The summed E-state index contributed by atoms with van der Waals surface area (Å²) in [5.74, 6) is 0. The van der Waals surface area contributed by atoms with Crippen LogP contribution in [0.5, 0.6) is 0 Å². The summed E-state index contributed by atoms with van der Waals surface area (Å²) < 4.78 is 0. The topological polar surface area (TPSA) is 16.1 Å². The van der Waals surface area contributed by atoms with Gasteiger partial charge in [0.05, 0.1) is 0 Å². The molecule has 0 unspecified atom stereocenters. The first-order valence-electron chi connectivity index (χ1n) is 2.88. The van der Waals surface area contributed by atoms with Gasteiger partial charge in [0.1, 0.15) is 0 Å². The molecule has 0 saturated heterocycles. The van der Waals surface area contributed by atoms with Gasteiger partial charge in [-0.3, -0.25) is 4.98 Å². The fourth-order valence-electron chi connectivity index (χ4n) is 0.642. The summed E-state index contributed by atoms with van der Waals surface area (Å²) in [5, 5.41) is 0. The predicted molar refractivity (Wildman–Crippen MR) is 44.3 cm³/mol. The molecule has 0 aliphatic heterocycles. The Kier molecular flexibility index (Phi) is 5.57. The van der Waals surface area contributed by atoms with Crippen molar-refractivity contribution < 1.29 is 0 Å². The predicted octanol–water partition coefficient (Wildman–Crippen LogP) is 0.767. The Morgan fingerprint density at radius 2 is 1.70 bits per heavy atom. The van der Waals surface area contributed by atoms with Crippen LogP contribution in [0, 0.1) is 0 Å². The van der Waals surface area contributed by atoms with Crippen LogP contribution in [0.3, 0.4) is 0 Å². The number of hydrogen-bond donors (Lipinski definition) is 0. The smallest absolute Gasteiger partial charge is 0.0391 e. The third-order valence-electron chi connectivity index (χ3n) is 1.18. The first-order chi connectivity index (χ1) is 4.30. The average molecular weight is 161 g/mol. The van der Waals surface area contributed by atoms with E-state index in [9.17, 15) is 0 Å². The normalized spacial score (nSPS) is 8.20. The van der Waals surface area contributed by atoms with Crippen molar-refractivity contribution in [3.05, 3.63) is 24.5 Å². The van der Waals surface area contributed by atoms with Gasteiger partial charge in [0.2, 0.25) is 0 Å². The maximum Gasteiger partial charge on any atom is 0.0391 e. The first-order valence-corrected chi connectivity index (χ1v) is 2.88. The summed E-state index contributed by atoms with van der Waals surface area (Å²) in [5.41, 5.74) is 1.19. The van der Waals surface area contributed by atoms with E-state index in [2.05, 4.69) is 4.98 Å². The molecule has 0 bridgehead atoms. The van der Waals surface area contributed by atoms with Crippen LogP contribution in [0.25, 0.3) is 0 Å². The molecule has 0 spiro atoms. The average Bonchev–Trinajstić information content (AvgIpc) is 1.90. The van der Waals surface area contributed by atoms with E-state index in [1.165, 1.54) is 5.69 Å². The summed E-state index contributed by atoms with van der Waals surface area (Å²) in [4.78, 5) is 5.94. The molecule has 0 N–H and O–H groups in total. The van der Waals surface area contributed by atoms with Gasteiger partial charge in [-0.25, -0.2) is 0 Å². The number of rotatable bonds is 1. The van der Waals surface area contributed by atoms with Gasteiger partial charge in [0.25, 0.3) is 0 Å². The standard InChI is InChI=1S/C7H10N2.K/c1-9(2)7-3-5-8-6-4-7;/h3-6H,1-2H3;. The third-order valence-corrected chi connectivity index (χ3v) is 1.18. The number of pyridine rings is 1. The summed E-state index contributed by atoms with van der Waals surface area (Å²) in [7, 11) is 4.02. The van der Waals surface area contributed by atoms with E-state index < -0.39 is 0 Å². The van der Waals surface area contributed by atoms with E-state index in [0.717, 1.165) is 0 Å². The third kappa shape index (κ3) is 3.12. The Morgan fingerprint density at radius 1 is 1.20 bits per heavy atom. The minimum atomic E-state index is 0. The number of nitrogens with zero attached hydrogens (tertiary/aromatic N) is 2. The van der Waals surface area contributed by atoms with Crippen molar-refractivity contribution in [2.45, 2.75) is 0 Å². The maximum absolute atomic E-state index is 3.90. The SMILES string of the molecule is CN(C)c1ccncc1.[K]. The number of aromatic nitrogens is 1. The molecule has 0 amide bonds.